The molecule has 88 valence electrons. The maximum atomic E-state index is 11.6. The van der Waals surface area contributed by atoms with Gasteiger partial charge in [0.2, 0.25) is 5.91 Å². The minimum Gasteiger partial charge on any atom is -0.369 e. The Kier molecular flexibility index (Phi) is 2.91. The summed E-state index contributed by atoms with van der Waals surface area (Å²) in [7, 11) is 0. The van der Waals surface area contributed by atoms with Gasteiger partial charge in [-0.3, -0.25) is 9.59 Å². The number of anilines is 1. The van der Waals surface area contributed by atoms with Crippen LogP contribution in [0.25, 0.3) is 0 Å². The summed E-state index contributed by atoms with van der Waals surface area (Å²) in [6.07, 6.45) is 0.569. The quantitative estimate of drug-likeness (QED) is 0.836. The smallest absolute Gasteiger partial charge is 0.253 e. The van der Waals surface area contributed by atoms with Crippen molar-refractivity contribution in [3.63, 3.8) is 0 Å². The van der Waals surface area contributed by atoms with E-state index in [4.69, 9.17) is 5.73 Å². The molecule has 0 fully saturated rings. The zero-order valence-corrected chi connectivity index (χ0v) is 9.51. The molecule has 2 amide bonds. The van der Waals surface area contributed by atoms with Gasteiger partial charge >= 0.3 is 0 Å². The molecule has 0 spiro atoms. The number of nitrogens with two attached hydrogens (primary N) is 1. The van der Waals surface area contributed by atoms with E-state index in [2.05, 4.69) is 5.10 Å². The van der Waals surface area contributed by atoms with Crippen molar-refractivity contribution in [3.05, 3.63) is 29.8 Å². The van der Waals surface area contributed by atoms with Gasteiger partial charge < -0.3 is 5.73 Å². The second-order valence-electron chi connectivity index (χ2n) is 4.03. The van der Waals surface area contributed by atoms with Gasteiger partial charge in [-0.2, -0.15) is 5.10 Å². The van der Waals surface area contributed by atoms with Crippen molar-refractivity contribution in [2.75, 3.05) is 5.01 Å². The molecule has 2 N–H and O–H groups in total. The molecule has 1 aliphatic heterocycles. The van der Waals surface area contributed by atoms with Gasteiger partial charge in [-0.05, 0) is 24.6 Å². The minimum absolute atomic E-state index is 0.0369. The van der Waals surface area contributed by atoms with Crippen molar-refractivity contribution in [2.45, 2.75) is 19.8 Å². The van der Waals surface area contributed by atoms with Crippen LogP contribution in [0.5, 0.6) is 0 Å². The first-order valence-electron chi connectivity index (χ1n) is 5.30. The van der Waals surface area contributed by atoms with Gasteiger partial charge in [0.15, 0.2) is 0 Å². The van der Waals surface area contributed by atoms with E-state index in [0.29, 0.717) is 12.1 Å². The maximum Gasteiger partial charge on any atom is 0.253 e. The SMILES string of the molecule is CC1=NN(c2ccc(CC(N)=O)cc2)C(=O)C1. The molecule has 0 saturated heterocycles. The van der Waals surface area contributed by atoms with Gasteiger partial charge in [0.1, 0.15) is 0 Å². The lowest BCUT2D eigenvalue weighted by Crippen LogP contribution is -2.19. The van der Waals surface area contributed by atoms with Crippen LogP contribution < -0.4 is 10.7 Å². The summed E-state index contributed by atoms with van der Waals surface area (Å²) in [5.74, 6) is -0.408. The minimum atomic E-state index is -0.371. The molecule has 5 heteroatoms. The molecule has 1 aliphatic rings. The molecule has 1 aromatic carbocycles. The van der Waals surface area contributed by atoms with Crippen LogP contribution in [0.15, 0.2) is 29.4 Å². The number of amides is 2. The number of hydrogen-bond acceptors (Lipinski definition) is 3. The lowest BCUT2D eigenvalue weighted by atomic mass is 10.1. The van der Waals surface area contributed by atoms with Crippen molar-refractivity contribution in [2.24, 2.45) is 10.8 Å². The lowest BCUT2D eigenvalue weighted by Gasteiger charge is -2.11. The summed E-state index contributed by atoms with van der Waals surface area (Å²) in [6, 6.07) is 7.07. The molecule has 17 heavy (non-hydrogen) atoms. The second-order valence-corrected chi connectivity index (χ2v) is 4.03. The molecule has 0 aromatic heterocycles. The van der Waals surface area contributed by atoms with E-state index in [1.807, 2.05) is 6.92 Å². The van der Waals surface area contributed by atoms with Crippen LogP contribution in [0.1, 0.15) is 18.9 Å². The Hall–Kier alpha value is -2.17. The molecule has 5 nitrogen and oxygen atoms in total. The van der Waals surface area contributed by atoms with Crippen LogP contribution in [0.2, 0.25) is 0 Å². The molecule has 1 aromatic rings. The first kappa shape index (κ1) is 11.3. The van der Waals surface area contributed by atoms with Gasteiger partial charge in [-0.15, -0.1) is 0 Å². The number of nitrogens with zero attached hydrogens (tertiary/aromatic N) is 2. The molecule has 2 rings (SSSR count). The summed E-state index contributed by atoms with van der Waals surface area (Å²) < 4.78 is 0. The third-order valence-electron chi connectivity index (χ3n) is 2.47. The zero-order chi connectivity index (χ0) is 12.4. The first-order valence-corrected chi connectivity index (χ1v) is 5.30. The molecular weight excluding hydrogens is 218 g/mol. The van der Waals surface area contributed by atoms with Crippen LogP contribution >= 0.6 is 0 Å². The van der Waals surface area contributed by atoms with E-state index >= 15 is 0 Å². The van der Waals surface area contributed by atoms with E-state index in [9.17, 15) is 9.59 Å². The van der Waals surface area contributed by atoms with Crippen molar-refractivity contribution < 1.29 is 9.59 Å². The van der Waals surface area contributed by atoms with Gasteiger partial charge in [-0.25, -0.2) is 5.01 Å². The highest BCUT2D eigenvalue weighted by atomic mass is 16.2. The van der Waals surface area contributed by atoms with Gasteiger partial charge in [0.25, 0.3) is 5.91 Å². The third-order valence-corrected chi connectivity index (χ3v) is 2.47. The number of primary amides is 1. The van der Waals surface area contributed by atoms with Gasteiger partial charge in [-0.1, -0.05) is 12.1 Å². The van der Waals surface area contributed by atoms with E-state index in [1.165, 1.54) is 5.01 Å². The number of carbonyl (C=O) groups is 2. The summed E-state index contributed by atoms with van der Waals surface area (Å²) in [6.45, 7) is 1.82. The predicted octanol–water partition coefficient (Wildman–Crippen LogP) is 0.827. The second kappa shape index (κ2) is 4.37. The Morgan fingerprint density at radius 3 is 2.53 bits per heavy atom. The van der Waals surface area contributed by atoms with E-state index in [-0.39, 0.29) is 18.2 Å². The lowest BCUT2D eigenvalue weighted by molar-refractivity contribution is -0.118. The fourth-order valence-electron chi connectivity index (χ4n) is 1.71. The average molecular weight is 231 g/mol. The van der Waals surface area contributed by atoms with Crippen LogP contribution in [0.4, 0.5) is 5.69 Å². The summed E-state index contributed by atoms with van der Waals surface area (Å²) in [5, 5.41) is 5.52. The Labute approximate surface area is 98.9 Å². The van der Waals surface area contributed by atoms with Gasteiger partial charge in [0.05, 0.1) is 18.5 Å². The highest BCUT2D eigenvalue weighted by molar-refractivity contribution is 6.12. The van der Waals surface area contributed by atoms with Crippen molar-refractivity contribution >= 4 is 23.2 Å². The third kappa shape index (κ3) is 2.50. The normalized spacial score (nSPS) is 15.0. The van der Waals surface area contributed by atoms with Crippen LogP contribution in [0.3, 0.4) is 0 Å². The first-order chi connectivity index (χ1) is 8.06. The molecule has 0 atom stereocenters. The molecule has 0 bridgehead atoms. The van der Waals surface area contributed by atoms with Crippen molar-refractivity contribution in [1.82, 2.24) is 0 Å². The number of benzene rings is 1. The Morgan fingerprint density at radius 1 is 1.41 bits per heavy atom. The van der Waals surface area contributed by atoms with Crippen LogP contribution in [-0.2, 0) is 16.0 Å². The van der Waals surface area contributed by atoms with E-state index in [1.54, 1.807) is 24.3 Å². The summed E-state index contributed by atoms with van der Waals surface area (Å²) in [4.78, 5) is 22.3. The van der Waals surface area contributed by atoms with Crippen molar-refractivity contribution in [1.29, 1.82) is 0 Å². The molecule has 0 radical (unpaired) electrons. The van der Waals surface area contributed by atoms with Crippen LogP contribution in [0, 0.1) is 0 Å². The standard InChI is InChI=1S/C12H13N3O2/c1-8-6-12(17)15(14-8)10-4-2-9(3-5-10)7-11(13)16/h2-5H,6-7H2,1H3,(H2,13,16). The monoisotopic (exact) mass is 231 g/mol. The van der Waals surface area contributed by atoms with Crippen molar-refractivity contribution in [3.8, 4) is 0 Å². The van der Waals surface area contributed by atoms with E-state index in [0.717, 1.165) is 11.3 Å². The predicted molar refractivity (Wildman–Crippen MR) is 64.6 cm³/mol. The molecular formula is C12H13N3O2. The maximum absolute atomic E-state index is 11.6. The molecule has 1 heterocycles. The fraction of sp³-hybridized carbons (Fsp3) is 0.250. The highest BCUT2D eigenvalue weighted by Crippen LogP contribution is 2.20. The Balaban J connectivity index is 2.18. The van der Waals surface area contributed by atoms with Gasteiger partial charge in [0, 0.05) is 5.71 Å². The summed E-state index contributed by atoms with van der Waals surface area (Å²) in [5.41, 5.74) is 7.44. The Morgan fingerprint density at radius 2 is 2.06 bits per heavy atom. The number of rotatable bonds is 3. The molecule has 0 saturated carbocycles. The topological polar surface area (TPSA) is 75.8 Å². The fourth-order valence-corrected chi connectivity index (χ4v) is 1.71. The van der Waals surface area contributed by atoms with E-state index < -0.39 is 0 Å². The highest BCUT2D eigenvalue weighted by Gasteiger charge is 2.22. The molecule has 0 unspecified atom stereocenters. The Bertz CT molecular complexity index is 491. The summed E-state index contributed by atoms with van der Waals surface area (Å²) >= 11 is 0. The van der Waals surface area contributed by atoms with Crippen LogP contribution in [-0.4, -0.2) is 17.5 Å². The number of carbonyl (C=O) groups excluding carboxylic acids is 2. The zero-order valence-electron chi connectivity index (χ0n) is 9.51. The number of hydrogen-bond donors (Lipinski definition) is 1. The largest absolute Gasteiger partial charge is 0.369 e. The molecule has 0 aliphatic carbocycles. The average Bonchev–Trinajstić information content (AvgIpc) is 2.58. The number of hydrazone groups is 1.